The van der Waals surface area contributed by atoms with Gasteiger partial charge in [0.1, 0.15) is 0 Å². The molecule has 1 aliphatic rings. The van der Waals surface area contributed by atoms with E-state index in [4.69, 9.17) is 0 Å². The minimum atomic E-state index is -0.366. The zero-order valence-electron chi connectivity index (χ0n) is 11.6. The van der Waals surface area contributed by atoms with E-state index in [9.17, 15) is 5.11 Å². The smallest absolute Gasteiger partial charge is 0.0761 e. The number of aliphatic hydroxyl groups excluding tert-OH is 1. The molecule has 0 saturated carbocycles. The lowest BCUT2D eigenvalue weighted by atomic mass is 9.92. The van der Waals surface area contributed by atoms with E-state index < -0.39 is 0 Å². The number of hydrogen-bond acceptors (Lipinski definition) is 2. The highest BCUT2D eigenvalue weighted by atomic mass is 16.3. The van der Waals surface area contributed by atoms with Gasteiger partial charge in [0.15, 0.2) is 0 Å². The van der Waals surface area contributed by atoms with Crippen LogP contribution in [0.3, 0.4) is 0 Å². The molecule has 1 heterocycles. The number of hydrogen-bond donors (Lipinski definition) is 1. The van der Waals surface area contributed by atoms with E-state index in [-0.39, 0.29) is 6.10 Å². The SMILES string of the molecule is CCCC1CCN(c2ccc([C@@H](C)O)cc2)CC1. The summed E-state index contributed by atoms with van der Waals surface area (Å²) >= 11 is 0. The molecule has 2 nitrogen and oxygen atoms in total. The Kier molecular flexibility index (Phi) is 4.65. The molecule has 1 fully saturated rings. The molecule has 0 unspecified atom stereocenters. The molecule has 100 valence electrons. The molecule has 1 aliphatic heterocycles. The molecular weight excluding hydrogens is 222 g/mol. The van der Waals surface area contributed by atoms with Gasteiger partial charge in [-0.3, -0.25) is 0 Å². The van der Waals surface area contributed by atoms with E-state index in [0.29, 0.717) is 0 Å². The van der Waals surface area contributed by atoms with E-state index in [2.05, 4.69) is 24.0 Å². The fourth-order valence-corrected chi connectivity index (χ4v) is 2.85. The van der Waals surface area contributed by atoms with Crippen molar-refractivity contribution in [2.45, 2.75) is 45.6 Å². The van der Waals surface area contributed by atoms with Crippen LogP contribution in [-0.2, 0) is 0 Å². The average Bonchev–Trinajstić information content (AvgIpc) is 2.40. The Labute approximate surface area is 111 Å². The molecule has 2 rings (SSSR count). The van der Waals surface area contributed by atoms with Crippen molar-refractivity contribution in [2.75, 3.05) is 18.0 Å². The third-order valence-corrected chi connectivity index (χ3v) is 4.05. The highest BCUT2D eigenvalue weighted by molar-refractivity contribution is 5.48. The van der Waals surface area contributed by atoms with Gasteiger partial charge in [0.2, 0.25) is 0 Å². The number of rotatable bonds is 4. The van der Waals surface area contributed by atoms with Crippen molar-refractivity contribution in [1.29, 1.82) is 0 Å². The molecule has 0 aromatic heterocycles. The van der Waals surface area contributed by atoms with Crippen LogP contribution in [0, 0.1) is 5.92 Å². The second-order valence-electron chi connectivity index (χ2n) is 5.49. The molecule has 1 aromatic carbocycles. The van der Waals surface area contributed by atoms with E-state index in [1.807, 2.05) is 19.1 Å². The monoisotopic (exact) mass is 247 g/mol. The van der Waals surface area contributed by atoms with Gasteiger partial charge < -0.3 is 10.0 Å². The number of nitrogens with zero attached hydrogens (tertiary/aromatic N) is 1. The zero-order valence-corrected chi connectivity index (χ0v) is 11.6. The van der Waals surface area contributed by atoms with Crippen LogP contribution < -0.4 is 4.90 Å². The lowest BCUT2D eigenvalue weighted by molar-refractivity contribution is 0.199. The Morgan fingerprint density at radius 3 is 2.33 bits per heavy atom. The van der Waals surface area contributed by atoms with E-state index >= 15 is 0 Å². The van der Waals surface area contributed by atoms with Crippen LogP contribution in [0.25, 0.3) is 0 Å². The zero-order chi connectivity index (χ0) is 13.0. The van der Waals surface area contributed by atoms with Crippen molar-refractivity contribution in [3.63, 3.8) is 0 Å². The maximum absolute atomic E-state index is 9.51. The van der Waals surface area contributed by atoms with Crippen molar-refractivity contribution < 1.29 is 5.11 Å². The largest absolute Gasteiger partial charge is 0.389 e. The first-order valence-corrected chi connectivity index (χ1v) is 7.23. The molecule has 0 amide bonds. The minimum Gasteiger partial charge on any atom is -0.389 e. The molecule has 1 aromatic rings. The lowest BCUT2D eigenvalue weighted by Crippen LogP contribution is -2.33. The summed E-state index contributed by atoms with van der Waals surface area (Å²) in [5.41, 5.74) is 2.30. The number of anilines is 1. The third-order valence-electron chi connectivity index (χ3n) is 4.05. The molecule has 2 heteroatoms. The van der Waals surface area contributed by atoms with Crippen molar-refractivity contribution in [2.24, 2.45) is 5.92 Å². The average molecular weight is 247 g/mol. The molecule has 0 spiro atoms. The maximum atomic E-state index is 9.51. The fraction of sp³-hybridized carbons (Fsp3) is 0.625. The first kappa shape index (κ1) is 13.4. The quantitative estimate of drug-likeness (QED) is 0.875. The van der Waals surface area contributed by atoms with Crippen LogP contribution in [-0.4, -0.2) is 18.2 Å². The third kappa shape index (κ3) is 3.26. The molecular formula is C16H25NO. The van der Waals surface area contributed by atoms with E-state index in [0.717, 1.165) is 11.5 Å². The van der Waals surface area contributed by atoms with Crippen LogP contribution in [0.5, 0.6) is 0 Å². The standard InChI is InChI=1S/C16H25NO/c1-3-4-14-9-11-17(12-10-14)16-7-5-15(6-8-16)13(2)18/h5-8,13-14,18H,3-4,9-12H2,1-2H3/t13-/m1/s1. The summed E-state index contributed by atoms with van der Waals surface area (Å²) in [7, 11) is 0. The molecule has 0 radical (unpaired) electrons. The molecule has 1 atom stereocenters. The van der Waals surface area contributed by atoms with Gasteiger partial charge in [-0.2, -0.15) is 0 Å². The van der Waals surface area contributed by atoms with Gasteiger partial charge >= 0.3 is 0 Å². The Balaban J connectivity index is 1.93. The van der Waals surface area contributed by atoms with Gasteiger partial charge in [-0.1, -0.05) is 31.9 Å². The Morgan fingerprint density at radius 2 is 1.83 bits per heavy atom. The highest BCUT2D eigenvalue weighted by Crippen LogP contribution is 2.26. The van der Waals surface area contributed by atoms with Crippen LogP contribution in [0.1, 0.15) is 51.2 Å². The molecule has 18 heavy (non-hydrogen) atoms. The number of piperidine rings is 1. The van der Waals surface area contributed by atoms with E-state index in [1.54, 1.807) is 0 Å². The van der Waals surface area contributed by atoms with Gasteiger partial charge in [0.05, 0.1) is 6.10 Å². The molecule has 0 aliphatic carbocycles. The maximum Gasteiger partial charge on any atom is 0.0761 e. The topological polar surface area (TPSA) is 23.5 Å². The summed E-state index contributed by atoms with van der Waals surface area (Å²) in [4.78, 5) is 2.47. The second-order valence-corrected chi connectivity index (χ2v) is 5.49. The van der Waals surface area contributed by atoms with Gasteiger partial charge in [-0.25, -0.2) is 0 Å². The summed E-state index contributed by atoms with van der Waals surface area (Å²) in [6.07, 6.45) is 4.98. The Hall–Kier alpha value is -1.02. The Bertz CT molecular complexity index is 350. The van der Waals surface area contributed by atoms with Crippen molar-refractivity contribution in [3.8, 4) is 0 Å². The first-order chi connectivity index (χ1) is 8.70. The molecule has 1 saturated heterocycles. The molecule has 1 N–H and O–H groups in total. The summed E-state index contributed by atoms with van der Waals surface area (Å²) < 4.78 is 0. The van der Waals surface area contributed by atoms with Gasteiger partial charge in [-0.15, -0.1) is 0 Å². The predicted octanol–water partition coefficient (Wildman–Crippen LogP) is 3.76. The van der Waals surface area contributed by atoms with Crippen molar-refractivity contribution in [1.82, 2.24) is 0 Å². The normalized spacial score (nSPS) is 18.9. The summed E-state index contributed by atoms with van der Waals surface area (Å²) in [6.45, 7) is 6.45. The van der Waals surface area contributed by atoms with Crippen LogP contribution in [0.2, 0.25) is 0 Å². The van der Waals surface area contributed by atoms with Crippen LogP contribution in [0.15, 0.2) is 24.3 Å². The van der Waals surface area contributed by atoms with Crippen LogP contribution >= 0.6 is 0 Å². The number of benzene rings is 1. The number of aliphatic hydroxyl groups is 1. The summed E-state index contributed by atoms with van der Waals surface area (Å²) in [5.74, 6) is 0.933. The second kappa shape index (κ2) is 6.24. The van der Waals surface area contributed by atoms with Crippen molar-refractivity contribution >= 4 is 5.69 Å². The lowest BCUT2D eigenvalue weighted by Gasteiger charge is -2.33. The van der Waals surface area contributed by atoms with Gasteiger partial charge in [0.25, 0.3) is 0 Å². The molecule has 0 bridgehead atoms. The van der Waals surface area contributed by atoms with Crippen LogP contribution in [0.4, 0.5) is 5.69 Å². The van der Waals surface area contributed by atoms with Crippen molar-refractivity contribution in [3.05, 3.63) is 29.8 Å². The summed E-state index contributed by atoms with van der Waals surface area (Å²) in [5, 5.41) is 9.51. The fourth-order valence-electron chi connectivity index (χ4n) is 2.85. The van der Waals surface area contributed by atoms with Gasteiger partial charge in [-0.05, 0) is 43.4 Å². The predicted molar refractivity (Wildman–Crippen MR) is 76.9 cm³/mol. The Morgan fingerprint density at radius 1 is 1.22 bits per heavy atom. The van der Waals surface area contributed by atoms with E-state index in [1.165, 1.54) is 44.5 Å². The van der Waals surface area contributed by atoms with Gasteiger partial charge in [0, 0.05) is 18.8 Å². The first-order valence-electron chi connectivity index (χ1n) is 7.23. The highest BCUT2D eigenvalue weighted by Gasteiger charge is 2.18. The minimum absolute atomic E-state index is 0.366. The summed E-state index contributed by atoms with van der Waals surface area (Å²) in [6, 6.07) is 8.36.